The standard InChI is InChI=1S/C7H14O2/c1-3-4-7(9)5-6(2)8/h3-4,6-9H,5H2,1-2H3/b4-3+. The first-order valence-electron chi connectivity index (χ1n) is 3.15. The highest BCUT2D eigenvalue weighted by molar-refractivity contribution is 4.85. The van der Waals surface area contributed by atoms with Crippen molar-refractivity contribution < 1.29 is 10.2 Å². The topological polar surface area (TPSA) is 40.5 Å². The molecule has 0 aromatic heterocycles. The molecule has 0 aliphatic rings. The van der Waals surface area contributed by atoms with Crippen molar-refractivity contribution >= 4 is 0 Å². The van der Waals surface area contributed by atoms with Crippen LogP contribution in [0.2, 0.25) is 0 Å². The third-order valence-electron chi connectivity index (χ3n) is 0.997. The van der Waals surface area contributed by atoms with E-state index in [0.717, 1.165) is 0 Å². The molecule has 0 radical (unpaired) electrons. The van der Waals surface area contributed by atoms with Gasteiger partial charge in [0.1, 0.15) is 0 Å². The molecule has 2 N–H and O–H groups in total. The predicted molar refractivity (Wildman–Crippen MR) is 37.1 cm³/mol. The van der Waals surface area contributed by atoms with Crippen molar-refractivity contribution in [1.29, 1.82) is 0 Å². The van der Waals surface area contributed by atoms with E-state index in [4.69, 9.17) is 10.2 Å². The van der Waals surface area contributed by atoms with E-state index in [1.165, 1.54) is 0 Å². The minimum Gasteiger partial charge on any atom is -0.393 e. The summed E-state index contributed by atoms with van der Waals surface area (Å²) in [5.41, 5.74) is 0. The lowest BCUT2D eigenvalue weighted by atomic mass is 10.2. The van der Waals surface area contributed by atoms with Crippen molar-refractivity contribution in [2.24, 2.45) is 0 Å². The van der Waals surface area contributed by atoms with E-state index in [0.29, 0.717) is 6.42 Å². The van der Waals surface area contributed by atoms with Gasteiger partial charge in [0.15, 0.2) is 0 Å². The van der Waals surface area contributed by atoms with Crippen LogP contribution in [-0.2, 0) is 0 Å². The molecule has 0 rings (SSSR count). The summed E-state index contributed by atoms with van der Waals surface area (Å²) in [6.45, 7) is 3.50. The van der Waals surface area contributed by atoms with Gasteiger partial charge in [-0.3, -0.25) is 0 Å². The second-order valence-corrected chi connectivity index (χ2v) is 2.18. The summed E-state index contributed by atoms with van der Waals surface area (Å²) in [5.74, 6) is 0. The lowest BCUT2D eigenvalue weighted by molar-refractivity contribution is 0.116. The van der Waals surface area contributed by atoms with Gasteiger partial charge in [-0.15, -0.1) is 0 Å². The Morgan fingerprint density at radius 1 is 1.44 bits per heavy atom. The Kier molecular flexibility index (Phi) is 4.36. The molecule has 0 amide bonds. The van der Waals surface area contributed by atoms with Crippen molar-refractivity contribution in [2.75, 3.05) is 0 Å². The smallest absolute Gasteiger partial charge is 0.0745 e. The van der Waals surface area contributed by atoms with Gasteiger partial charge < -0.3 is 10.2 Å². The minimum absolute atomic E-state index is 0.420. The molecule has 0 bridgehead atoms. The number of allylic oxidation sites excluding steroid dienone is 1. The van der Waals surface area contributed by atoms with Crippen LogP contribution in [0.3, 0.4) is 0 Å². The Morgan fingerprint density at radius 2 is 2.00 bits per heavy atom. The van der Waals surface area contributed by atoms with Gasteiger partial charge in [-0.05, 0) is 13.8 Å². The van der Waals surface area contributed by atoms with Crippen LogP contribution < -0.4 is 0 Å². The zero-order valence-corrected chi connectivity index (χ0v) is 5.91. The highest BCUT2D eigenvalue weighted by Gasteiger charge is 2.01. The lowest BCUT2D eigenvalue weighted by Crippen LogP contribution is -2.11. The number of hydrogen-bond acceptors (Lipinski definition) is 2. The predicted octanol–water partition coefficient (Wildman–Crippen LogP) is 0.694. The van der Waals surface area contributed by atoms with Crippen LogP contribution in [-0.4, -0.2) is 22.4 Å². The fourth-order valence-corrected chi connectivity index (χ4v) is 0.650. The summed E-state index contributed by atoms with van der Waals surface area (Å²) in [4.78, 5) is 0. The Balaban J connectivity index is 3.38. The van der Waals surface area contributed by atoms with Gasteiger partial charge in [-0.25, -0.2) is 0 Å². The zero-order valence-electron chi connectivity index (χ0n) is 5.91. The van der Waals surface area contributed by atoms with Gasteiger partial charge in [0, 0.05) is 6.42 Å². The van der Waals surface area contributed by atoms with E-state index in [2.05, 4.69) is 0 Å². The molecule has 0 fully saturated rings. The third kappa shape index (κ3) is 5.53. The highest BCUT2D eigenvalue weighted by Crippen LogP contribution is 1.97. The van der Waals surface area contributed by atoms with Gasteiger partial charge >= 0.3 is 0 Å². The molecule has 0 aromatic rings. The largest absolute Gasteiger partial charge is 0.393 e. The van der Waals surface area contributed by atoms with E-state index < -0.39 is 12.2 Å². The molecule has 0 aliphatic carbocycles. The molecule has 0 saturated heterocycles. The average Bonchev–Trinajstić information content (AvgIpc) is 1.63. The van der Waals surface area contributed by atoms with E-state index in [1.54, 1.807) is 19.1 Å². The summed E-state index contributed by atoms with van der Waals surface area (Å²) in [6, 6.07) is 0. The Labute approximate surface area is 55.8 Å². The van der Waals surface area contributed by atoms with Crippen LogP contribution in [0.5, 0.6) is 0 Å². The molecule has 2 unspecified atom stereocenters. The van der Waals surface area contributed by atoms with Crippen LogP contribution in [0.1, 0.15) is 20.3 Å². The van der Waals surface area contributed by atoms with Crippen molar-refractivity contribution in [3.05, 3.63) is 12.2 Å². The van der Waals surface area contributed by atoms with E-state index >= 15 is 0 Å². The maximum Gasteiger partial charge on any atom is 0.0745 e. The summed E-state index contributed by atoms with van der Waals surface area (Å²) in [7, 11) is 0. The van der Waals surface area contributed by atoms with Crippen molar-refractivity contribution in [1.82, 2.24) is 0 Å². The molecule has 9 heavy (non-hydrogen) atoms. The van der Waals surface area contributed by atoms with E-state index in [9.17, 15) is 0 Å². The number of hydrogen-bond donors (Lipinski definition) is 2. The monoisotopic (exact) mass is 130 g/mol. The molecule has 54 valence electrons. The molecule has 2 atom stereocenters. The SMILES string of the molecule is C/C=C/C(O)CC(C)O. The Morgan fingerprint density at radius 3 is 2.33 bits per heavy atom. The molecular formula is C7H14O2. The van der Waals surface area contributed by atoms with Crippen LogP contribution in [0, 0.1) is 0 Å². The van der Waals surface area contributed by atoms with Crippen molar-refractivity contribution in [3.63, 3.8) is 0 Å². The van der Waals surface area contributed by atoms with Crippen LogP contribution >= 0.6 is 0 Å². The number of aliphatic hydroxyl groups is 2. The second kappa shape index (κ2) is 4.53. The molecule has 0 aromatic carbocycles. The summed E-state index contributed by atoms with van der Waals surface area (Å²) >= 11 is 0. The van der Waals surface area contributed by atoms with Crippen LogP contribution in [0.4, 0.5) is 0 Å². The molecule has 0 heterocycles. The first-order chi connectivity index (χ1) is 4.16. The fraction of sp³-hybridized carbons (Fsp3) is 0.714. The Hall–Kier alpha value is -0.340. The Bertz CT molecular complexity index is 86.9. The van der Waals surface area contributed by atoms with Crippen molar-refractivity contribution in [3.8, 4) is 0 Å². The highest BCUT2D eigenvalue weighted by atomic mass is 16.3. The van der Waals surface area contributed by atoms with Gasteiger partial charge in [0.05, 0.1) is 12.2 Å². The summed E-state index contributed by atoms with van der Waals surface area (Å²) in [6.07, 6.45) is 2.94. The third-order valence-corrected chi connectivity index (χ3v) is 0.997. The molecule has 0 spiro atoms. The molecule has 0 aliphatic heterocycles. The molecule has 0 saturated carbocycles. The minimum atomic E-state index is -0.491. The molecule has 2 nitrogen and oxygen atoms in total. The number of aliphatic hydroxyl groups excluding tert-OH is 2. The van der Waals surface area contributed by atoms with Gasteiger partial charge in [0.2, 0.25) is 0 Å². The van der Waals surface area contributed by atoms with Crippen LogP contribution in [0.15, 0.2) is 12.2 Å². The van der Waals surface area contributed by atoms with E-state index in [1.807, 2.05) is 6.92 Å². The molecular weight excluding hydrogens is 116 g/mol. The number of rotatable bonds is 3. The fourth-order valence-electron chi connectivity index (χ4n) is 0.650. The quantitative estimate of drug-likeness (QED) is 0.552. The lowest BCUT2D eigenvalue weighted by Gasteiger charge is -2.06. The van der Waals surface area contributed by atoms with E-state index in [-0.39, 0.29) is 0 Å². The van der Waals surface area contributed by atoms with Gasteiger partial charge in [-0.2, -0.15) is 0 Å². The average molecular weight is 130 g/mol. The first kappa shape index (κ1) is 8.66. The maximum absolute atomic E-state index is 8.97. The summed E-state index contributed by atoms with van der Waals surface area (Å²) in [5, 5.41) is 17.7. The zero-order chi connectivity index (χ0) is 7.28. The summed E-state index contributed by atoms with van der Waals surface area (Å²) < 4.78 is 0. The van der Waals surface area contributed by atoms with Gasteiger partial charge in [0.25, 0.3) is 0 Å². The second-order valence-electron chi connectivity index (χ2n) is 2.18. The van der Waals surface area contributed by atoms with Crippen LogP contribution in [0.25, 0.3) is 0 Å². The molecule has 2 heteroatoms. The first-order valence-corrected chi connectivity index (χ1v) is 3.15. The van der Waals surface area contributed by atoms with Gasteiger partial charge in [-0.1, -0.05) is 12.2 Å². The van der Waals surface area contributed by atoms with Crippen molar-refractivity contribution in [2.45, 2.75) is 32.5 Å². The maximum atomic E-state index is 8.97. The normalized spacial score (nSPS) is 18.2.